The van der Waals surface area contributed by atoms with E-state index in [0.29, 0.717) is 25.7 Å². The molecule has 0 aromatic carbocycles. The van der Waals surface area contributed by atoms with Gasteiger partial charge in [0.25, 0.3) is 0 Å². The molecular weight excluding hydrogens is 1220 g/mol. The van der Waals surface area contributed by atoms with Crippen LogP contribution in [-0.4, -0.2) is 96.7 Å². The molecule has 17 nitrogen and oxygen atoms in total. The van der Waals surface area contributed by atoms with Gasteiger partial charge in [-0.15, -0.1) is 0 Å². The van der Waals surface area contributed by atoms with Crippen molar-refractivity contribution in [2.75, 3.05) is 39.6 Å². The van der Waals surface area contributed by atoms with Crippen molar-refractivity contribution >= 4 is 39.5 Å². The molecule has 93 heavy (non-hydrogen) atoms. The lowest BCUT2D eigenvalue weighted by Gasteiger charge is -2.21. The predicted molar refractivity (Wildman–Crippen MR) is 377 cm³/mol. The molecule has 0 bridgehead atoms. The zero-order valence-corrected chi connectivity index (χ0v) is 62.7. The minimum absolute atomic E-state index is 0.104. The third-order valence-electron chi connectivity index (χ3n) is 18.2. The molecule has 0 spiro atoms. The SMILES string of the molecule is CCC(C)CCCCCCCCCCC(=O)OC[C@H](COP(=O)(O)OC[C@@H](O)COP(=O)(O)OC[C@@H](COC(=O)CCCCCCCCC(C)CC)OC(=O)CCCCCCCCCCC(C)CC)OC(=O)CCCCCCCCCCCCCCCCCCC(C)C. The second kappa shape index (κ2) is 63.5. The molecule has 0 rings (SSSR count). The highest BCUT2D eigenvalue weighted by molar-refractivity contribution is 7.47. The highest BCUT2D eigenvalue weighted by atomic mass is 31.2. The quantitative estimate of drug-likeness (QED) is 0.0222. The lowest BCUT2D eigenvalue weighted by Crippen LogP contribution is -2.30. The summed E-state index contributed by atoms with van der Waals surface area (Å²) in [5.41, 5.74) is 0. The molecule has 0 amide bonds. The van der Waals surface area contributed by atoms with Gasteiger partial charge in [0.1, 0.15) is 19.3 Å². The van der Waals surface area contributed by atoms with Crippen LogP contribution in [0.4, 0.5) is 0 Å². The minimum Gasteiger partial charge on any atom is -0.462 e. The first-order valence-corrected chi connectivity index (χ1v) is 41.3. The lowest BCUT2D eigenvalue weighted by molar-refractivity contribution is -0.161. The molecule has 0 saturated carbocycles. The van der Waals surface area contributed by atoms with Crippen LogP contribution >= 0.6 is 15.6 Å². The van der Waals surface area contributed by atoms with Gasteiger partial charge in [-0.1, -0.05) is 319 Å². The Kier molecular flexibility index (Phi) is 62.2. The second-order valence-corrected chi connectivity index (χ2v) is 30.8. The summed E-state index contributed by atoms with van der Waals surface area (Å²) >= 11 is 0. The van der Waals surface area contributed by atoms with E-state index in [4.69, 9.17) is 37.0 Å². The summed E-state index contributed by atoms with van der Waals surface area (Å²) in [6.45, 7) is 14.2. The van der Waals surface area contributed by atoms with Crippen molar-refractivity contribution in [3.63, 3.8) is 0 Å². The maximum Gasteiger partial charge on any atom is 0.472 e. The summed E-state index contributed by atoms with van der Waals surface area (Å²) < 4.78 is 68.4. The number of phosphoric acid groups is 2. The molecule has 0 aromatic rings. The van der Waals surface area contributed by atoms with Crippen LogP contribution in [0.15, 0.2) is 0 Å². The third kappa shape index (κ3) is 64.5. The number of ether oxygens (including phenoxy) is 4. The number of rotatable bonds is 71. The lowest BCUT2D eigenvalue weighted by atomic mass is 9.99. The number of phosphoric ester groups is 2. The predicted octanol–water partition coefficient (Wildman–Crippen LogP) is 21.3. The van der Waals surface area contributed by atoms with Gasteiger partial charge in [-0.05, 0) is 49.4 Å². The van der Waals surface area contributed by atoms with Crippen LogP contribution in [0.3, 0.4) is 0 Å². The fourth-order valence-electron chi connectivity index (χ4n) is 11.1. The number of hydrogen-bond donors (Lipinski definition) is 3. The van der Waals surface area contributed by atoms with Crippen LogP contribution in [0.25, 0.3) is 0 Å². The molecule has 0 aliphatic rings. The molecule has 8 atom stereocenters. The van der Waals surface area contributed by atoms with Gasteiger partial charge in [0.2, 0.25) is 0 Å². The molecule has 0 fully saturated rings. The summed E-state index contributed by atoms with van der Waals surface area (Å²) in [5.74, 6) is 0.961. The van der Waals surface area contributed by atoms with Crippen molar-refractivity contribution in [2.45, 2.75) is 388 Å². The summed E-state index contributed by atoms with van der Waals surface area (Å²) in [6.07, 6.45) is 47.2. The van der Waals surface area contributed by atoms with Crippen molar-refractivity contribution in [1.29, 1.82) is 0 Å². The number of esters is 4. The number of aliphatic hydroxyl groups excluding tert-OH is 1. The Labute approximate surface area is 568 Å². The van der Waals surface area contributed by atoms with E-state index in [9.17, 15) is 43.2 Å². The first-order chi connectivity index (χ1) is 44.7. The van der Waals surface area contributed by atoms with Crippen LogP contribution < -0.4 is 0 Å². The normalized spacial score (nSPS) is 15.1. The van der Waals surface area contributed by atoms with Crippen LogP contribution in [0.5, 0.6) is 0 Å². The standard InChI is InChI=1S/C74H144O17P2/c1-9-65(6)51-43-35-27-22-24-29-38-46-54-71(76)84-60-69(90-73(78)56-48-40-30-21-19-17-15-13-12-14-16-18-20-26-34-42-50-64(4)5)62-88-92(80,81)86-58-68(75)59-87-93(82,83)89-63-70(61-85-72(77)55-47-39-33-32-37-45-53-67(8)11-3)91-74(79)57-49-41-31-25-23-28-36-44-52-66(7)10-2/h64-70,75H,9-63H2,1-8H3,(H,80,81)(H,82,83)/t65?,66?,67?,68-,69-,70-/m1/s1. The fourth-order valence-corrected chi connectivity index (χ4v) is 12.7. The van der Waals surface area contributed by atoms with Crippen molar-refractivity contribution in [1.82, 2.24) is 0 Å². The fraction of sp³-hybridized carbons (Fsp3) is 0.946. The first kappa shape index (κ1) is 91.1. The number of unbranched alkanes of at least 4 members (excludes halogenated alkanes) is 34. The van der Waals surface area contributed by atoms with Crippen LogP contribution in [0.2, 0.25) is 0 Å². The number of carbonyl (C=O) groups is 4. The molecule has 0 saturated heterocycles. The van der Waals surface area contributed by atoms with Gasteiger partial charge in [0.05, 0.1) is 26.4 Å². The molecule has 0 aromatic heterocycles. The van der Waals surface area contributed by atoms with Gasteiger partial charge >= 0.3 is 39.5 Å². The van der Waals surface area contributed by atoms with Crippen molar-refractivity contribution in [3.05, 3.63) is 0 Å². The van der Waals surface area contributed by atoms with Crippen molar-refractivity contribution in [2.24, 2.45) is 23.7 Å². The van der Waals surface area contributed by atoms with E-state index < -0.39 is 97.5 Å². The molecule has 3 N–H and O–H groups in total. The second-order valence-electron chi connectivity index (χ2n) is 27.9. The Morgan fingerprint density at radius 3 is 0.763 bits per heavy atom. The average Bonchev–Trinajstić information content (AvgIpc) is 3.10. The van der Waals surface area contributed by atoms with Crippen molar-refractivity contribution < 1.29 is 80.2 Å². The molecule has 0 radical (unpaired) electrons. The average molecular weight is 1370 g/mol. The molecule has 0 aliphatic carbocycles. The van der Waals surface area contributed by atoms with E-state index in [1.54, 1.807) is 0 Å². The largest absolute Gasteiger partial charge is 0.472 e. The maximum absolute atomic E-state index is 13.1. The zero-order valence-electron chi connectivity index (χ0n) is 60.9. The van der Waals surface area contributed by atoms with Gasteiger partial charge in [-0.25, -0.2) is 9.13 Å². The Balaban J connectivity index is 5.24. The van der Waals surface area contributed by atoms with Gasteiger partial charge in [0, 0.05) is 25.7 Å². The molecule has 0 aliphatic heterocycles. The molecule has 19 heteroatoms. The van der Waals surface area contributed by atoms with Crippen LogP contribution in [-0.2, 0) is 65.4 Å². The highest BCUT2D eigenvalue weighted by Gasteiger charge is 2.30. The van der Waals surface area contributed by atoms with Gasteiger partial charge in [-0.3, -0.25) is 37.3 Å². The summed E-state index contributed by atoms with van der Waals surface area (Å²) in [5, 5.41) is 10.6. The van der Waals surface area contributed by atoms with E-state index in [1.807, 2.05) is 0 Å². The minimum atomic E-state index is -4.96. The monoisotopic (exact) mass is 1370 g/mol. The van der Waals surface area contributed by atoms with E-state index >= 15 is 0 Å². The molecule has 552 valence electrons. The van der Waals surface area contributed by atoms with E-state index in [-0.39, 0.29) is 25.7 Å². The number of carbonyl (C=O) groups excluding carboxylic acids is 4. The van der Waals surface area contributed by atoms with Crippen LogP contribution in [0.1, 0.15) is 370 Å². The van der Waals surface area contributed by atoms with Crippen molar-refractivity contribution in [3.8, 4) is 0 Å². The molecule has 0 heterocycles. The van der Waals surface area contributed by atoms with Gasteiger partial charge < -0.3 is 33.8 Å². The first-order valence-electron chi connectivity index (χ1n) is 38.3. The van der Waals surface area contributed by atoms with Gasteiger partial charge in [-0.2, -0.15) is 0 Å². The van der Waals surface area contributed by atoms with Gasteiger partial charge in [0.15, 0.2) is 12.2 Å². The van der Waals surface area contributed by atoms with E-state index in [0.717, 1.165) is 120 Å². The molecular formula is C74H144O17P2. The van der Waals surface area contributed by atoms with Crippen LogP contribution in [0, 0.1) is 23.7 Å². The van der Waals surface area contributed by atoms with E-state index in [2.05, 4.69) is 55.4 Å². The highest BCUT2D eigenvalue weighted by Crippen LogP contribution is 2.45. The number of hydrogen-bond acceptors (Lipinski definition) is 15. The smallest absolute Gasteiger partial charge is 0.462 e. The zero-order chi connectivity index (χ0) is 68.9. The number of aliphatic hydroxyl groups is 1. The Hall–Kier alpha value is -1.94. The van der Waals surface area contributed by atoms with E-state index in [1.165, 1.54) is 167 Å². The Bertz CT molecular complexity index is 1840. The summed E-state index contributed by atoms with van der Waals surface area (Å²) in [6, 6.07) is 0. The summed E-state index contributed by atoms with van der Waals surface area (Å²) in [4.78, 5) is 72.7. The molecule has 5 unspecified atom stereocenters. The third-order valence-corrected chi connectivity index (χ3v) is 20.1. The Morgan fingerprint density at radius 1 is 0.301 bits per heavy atom. The Morgan fingerprint density at radius 2 is 0.516 bits per heavy atom. The topological polar surface area (TPSA) is 237 Å². The maximum atomic E-state index is 13.1. The summed E-state index contributed by atoms with van der Waals surface area (Å²) in [7, 11) is -9.91.